The van der Waals surface area contributed by atoms with E-state index >= 15 is 0 Å². The van der Waals surface area contributed by atoms with E-state index in [1.54, 1.807) is 0 Å². The lowest BCUT2D eigenvalue weighted by Gasteiger charge is -2.31. The predicted octanol–water partition coefficient (Wildman–Crippen LogP) is 1.68. The summed E-state index contributed by atoms with van der Waals surface area (Å²) < 4.78 is 0. The van der Waals surface area contributed by atoms with E-state index in [9.17, 15) is 5.11 Å². The van der Waals surface area contributed by atoms with Crippen molar-refractivity contribution in [3.63, 3.8) is 0 Å². The van der Waals surface area contributed by atoms with Gasteiger partial charge in [0.2, 0.25) is 0 Å². The normalized spacial score (nSPS) is 28.8. The second-order valence-electron chi connectivity index (χ2n) is 3.84. The highest BCUT2D eigenvalue weighted by atomic mass is 16.3. The van der Waals surface area contributed by atoms with Crippen molar-refractivity contribution < 1.29 is 5.11 Å². The molecule has 1 atom stereocenters. The molecular formula is C11H17NO. The van der Waals surface area contributed by atoms with Crippen LogP contribution in [0.25, 0.3) is 0 Å². The molecule has 0 saturated carbocycles. The third-order valence-electron chi connectivity index (χ3n) is 2.78. The maximum atomic E-state index is 9.28. The average molecular weight is 179 g/mol. The number of rotatable bonds is 1. The zero-order chi connectivity index (χ0) is 9.10. The lowest BCUT2D eigenvalue weighted by Crippen LogP contribution is -2.29. The van der Waals surface area contributed by atoms with E-state index < -0.39 is 0 Å². The van der Waals surface area contributed by atoms with Crippen LogP contribution in [0.15, 0.2) is 23.9 Å². The Morgan fingerprint density at radius 2 is 2.00 bits per heavy atom. The lowest BCUT2D eigenvalue weighted by molar-refractivity contribution is 0.220. The molecule has 1 unspecified atom stereocenters. The van der Waals surface area contributed by atoms with E-state index in [4.69, 9.17) is 0 Å². The first-order valence-corrected chi connectivity index (χ1v) is 5.17. The van der Waals surface area contributed by atoms with Crippen molar-refractivity contribution in [1.82, 2.24) is 4.90 Å². The summed E-state index contributed by atoms with van der Waals surface area (Å²) >= 11 is 0. The molecule has 1 fully saturated rings. The third-order valence-corrected chi connectivity index (χ3v) is 2.78. The van der Waals surface area contributed by atoms with Crippen LogP contribution in [-0.4, -0.2) is 29.2 Å². The first kappa shape index (κ1) is 8.82. The number of hydrogen-bond donors (Lipinski definition) is 1. The van der Waals surface area contributed by atoms with E-state index in [-0.39, 0.29) is 6.10 Å². The molecule has 1 saturated heterocycles. The standard InChI is InChI=1S/C11H17NO/c13-11-6-4-10(5-7-11)12-8-2-1-3-9-12/h4-6,11,13H,1-3,7-9H2. The Hall–Kier alpha value is -0.760. The van der Waals surface area contributed by atoms with Crippen LogP contribution in [0.1, 0.15) is 25.7 Å². The van der Waals surface area contributed by atoms with Gasteiger partial charge in [0.15, 0.2) is 0 Å². The van der Waals surface area contributed by atoms with Gasteiger partial charge in [0.25, 0.3) is 0 Å². The second kappa shape index (κ2) is 3.97. The molecule has 72 valence electrons. The molecule has 2 nitrogen and oxygen atoms in total. The molecule has 1 aliphatic carbocycles. The summed E-state index contributed by atoms with van der Waals surface area (Å²) in [5, 5.41) is 9.28. The summed E-state index contributed by atoms with van der Waals surface area (Å²) in [4.78, 5) is 2.42. The van der Waals surface area contributed by atoms with Crippen LogP contribution in [-0.2, 0) is 0 Å². The number of likely N-dealkylation sites (tertiary alicyclic amines) is 1. The molecule has 0 radical (unpaired) electrons. The summed E-state index contributed by atoms with van der Waals surface area (Å²) in [6.07, 6.45) is 10.6. The molecule has 0 bridgehead atoms. The quantitative estimate of drug-likeness (QED) is 0.662. The fraction of sp³-hybridized carbons (Fsp3) is 0.636. The molecule has 0 aromatic carbocycles. The van der Waals surface area contributed by atoms with Crippen LogP contribution in [0.4, 0.5) is 0 Å². The molecule has 2 heteroatoms. The molecule has 2 aliphatic rings. The molecule has 1 aliphatic heterocycles. The molecular weight excluding hydrogens is 162 g/mol. The fourth-order valence-electron chi connectivity index (χ4n) is 1.98. The number of hydrogen-bond acceptors (Lipinski definition) is 2. The van der Waals surface area contributed by atoms with Gasteiger partial charge in [-0.05, 0) is 31.8 Å². The van der Waals surface area contributed by atoms with Crippen LogP contribution >= 0.6 is 0 Å². The molecule has 0 spiro atoms. The monoisotopic (exact) mass is 179 g/mol. The number of allylic oxidation sites excluding steroid dienone is 1. The molecule has 2 rings (SSSR count). The molecule has 0 aromatic heterocycles. The second-order valence-corrected chi connectivity index (χ2v) is 3.84. The lowest BCUT2D eigenvalue weighted by atomic mass is 10.1. The Kier molecular flexibility index (Phi) is 2.69. The summed E-state index contributed by atoms with van der Waals surface area (Å²) in [5.74, 6) is 0. The van der Waals surface area contributed by atoms with Crippen molar-refractivity contribution in [1.29, 1.82) is 0 Å². The van der Waals surface area contributed by atoms with E-state index in [0.29, 0.717) is 0 Å². The smallest absolute Gasteiger partial charge is 0.0759 e. The Bertz CT molecular complexity index is 226. The summed E-state index contributed by atoms with van der Waals surface area (Å²) in [5.41, 5.74) is 1.31. The largest absolute Gasteiger partial charge is 0.389 e. The Balaban J connectivity index is 1.96. The minimum absolute atomic E-state index is 0.256. The third kappa shape index (κ3) is 2.13. The van der Waals surface area contributed by atoms with Crippen molar-refractivity contribution in [3.05, 3.63) is 23.9 Å². The fourth-order valence-corrected chi connectivity index (χ4v) is 1.98. The summed E-state index contributed by atoms with van der Waals surface area (Å²) in [6, 6.07) is 0. The van der Waals surface area contributed by atoms with E-state index in [2.05, 4.69) is 17.1 Å². The molecule has 0 aromatic rings. The Labute approximate surface area is 79.6 Å². The Morgan fingerprint density at radius 3 is 2.62 bits per heavy atom. The highest BCUT2D eigenvalue weighted by Crippen LogP contribution is 2.19. The van der Waals surface area contributed by atoms with Crippen LogP contribution < -0.4 is 0 Å². The van der Waals surface area contributed by atoms with Crippen molar-refractivity contribution in [3.8, 4) is 0 Å². The van der Waals surface area contributed by atoms with Gasteiger partial charge in [-0.3, -0.25) is 0 Å². The van der Waals surface area contributed by atoms with Gasteiger partial charge in [-0.25, -0.2) is 0 Å². The highest BCUT2D eigenvalue weighted by Gasteiger charge is 2.13. The maximum absolute atomic E-state index is 9.28. The van der Waals surface area contributed by atoms with Gasteiger partial charge in [0.1, 0.15) is 0 Å². The average Bonchev–Trinajstić information content (AvgIpc) is 2.20. The minimum atomic E-state index is -0.256. The first-order chi connectivity index (χ1) is 6.36. The van der Waals surface area contributed by atoms with Crippen molar-refractivity contribution in [2.24, 2.45) is 0 Å². The molecule has 1 N–H and O–H groups in total. The van der Waals surface area contributed by atoms with Crippen LogP contribution in [0.2, 0.25) is 0 Å². The van der Waals surface area contributed by atoms with Gasteiger partial charge in [-0.15, -0.1) is 0 Å². The van der Waals surface area contributed by atoms with Gasteiger partial charge in [0.05, 0.1) is 6.10 Å². The van der Waals surface area contributed by atoms with E-state index in [0.717, 1.165) is 6.42 Å². The number of nitrogens with zero attached hydrogens (tertiary/aromatic N) is 1. The van der Waals surface area contributed by atoms with Gasteiger partial charge in [-0.1, -0.05) is 12.2 Å². The van der Waals surface area contributed by atoms with E-state index in [1.807, 2.05) is 6.08 Å². The minimum Gasteiger partial charge on any atom is -0.389 e. The van der Waals surface area contributed by atoms with Gasteiger partial charge in [0, 0.05) is 18.8 Å². The summed E-state index contributed by atoms with van der Waals surface area (Å²) in [6.45, 7) is 2.37. The highest BCUT2D eigenvalue weighted by molar-refractivity contribution is 5.23. The van der Waals surface area contributed by atoms with Gasteiger partial charge in [-0.2, -0.15) is 0 Å². The van der Waals surface area contributed by atoms with Gasteiger partial charge >= 0.3 is 0 Å². The van der Waals surface area contributed by atoms with Crippen molar-refractivity contribution in [2.45, 2.75) is 31.8 Å². The van der Waals surface area contributed by atoms with E-state index in [1.165, 1.54) is 38.0 Å². The maximum Gasteiger partial charge on any atom is 0.0759 e. The zero-order valence-electron chi connectivity index (χ0n) is 7.95. The number of aliphatic hydroxyl groups is 1. The van der Waals surface area contributed by atoms with Crippen LogP contribution in [0.3, 0.4) is 0 Å². The number of piperidine rings is 1. The first-order valence-electron chi connectivity index (χ1n) is 5.17. The van der Waals surface area contributed by atoms with Gasteiger partial charge < -0.3 is 10.0 Å². The molecule has 0 amide bonds. The van der Waals surface area contributed by atoms with Crippen molar-refractivity contribution >= 4 is 0 Å². The predicted molar refractivity (Wildman–Crippen MR) is 53.3 cm³/mol. The summed E-state index contributed by atoms with van der Waals surface area (Å²) in [7, 11) is 0. The topological polar surface area (TPSA) is 23.5 Å². The number of aliphatic hydroxyl groups excluding tert-OH is 1. The van der Waals surface area contributed by atoms with Crippen LogP contribution in [0.5, 0.6) is 0 Å². The zero-order valence-corrected chi connectivity index (χ0v) is 7.95. The molecule has 1 heterocycles. The van der Waals surface area contributed by atoms with Crippen LogP contribution in [0, 0.1) is 0 Å². The SMILES string of the molecule is OC1C=CC(N2CCCCC2)=CC1. The molecule has 13 heavy (non-hydrogen) atoms. The van der Waals surface area contributed by atoms with Crippen molar-refractivity contribution in [2.75, 3.05) is 13.1 Å². The Morgan fingerprint density at radius 1 is 1.23 bits per heavy atom.